The van der Waals surface area contributed by atoms with Crippen LogP contribution in [0.15, 0.2) is 72.8 Å². The fourth-order valence-electron chi connectivity index (χ4n) is 4.97. The molecule has 178 valence electrons. The average molecular weight is 457 g/mol. The van der Waals surface area contributed by atoms with Crippen LogP contribution in [-0.4, -0.2) is 62.2 Å². The molecule has 6 heteroatoms. The number of nitrogens with zero attached hydrogens (tertiary/aromatic N) is 4. The predicted molar refractivity (Wildman–Crippen MR) is 143 cm³/mol. The van der Waals surface area contributed by atoms with Crippen LogP contribution in [0.1, 0.15) is 11.1 Å². The number of rotatable bonds is 6. The van der Waals surface area contributed by atoms with Crippen LogP contribution < -0.4 is 21.3 Å². The van der Waals surface area contributed by atoms with Gasteiger partial charge in [0.25, 0.3) is 0 Å². The molecule has 0 amide bonds. The van der Waals surface area contributed by atoms with Gasteiger partial charge >= 0.3 is 0 Å². The summed E-state index contributed by atoms with van der Waals surface area (Å²) in [5.74, 6) is 0. The van der Waals surface area contributed by atoms with E-state index >= 15 is 0 Å². The van der Waals surface area contributed by atoms with Gasteiger partial charge in [-0.1, -0.05) is 24.3 Å². The van der Waals surface area contributed by atoms with Crippen LogP contribution in [0.3, 0.4) is 0 Å². The molecule has 4 N–H and O–H groups in total. The molecule has 5 rings (SSSR count). The van der Waals surface area contributed by atoms with E-state index in [1.165, 1.54) is 22.5 Å². The van der Waals surface area contributed by atoms with Crippen molar-refractivity contribution in [2.24, 2.45) is 0 Å². The highest BCUT2D eigenvalue weighted by Crippen LogP contribution is 2.21. The van der Waals surface area contributed by atoms with Crippen molar-refractivity contribution in [3.63, 3.8) is 0 Å². The van der Waals surface area contributed by atoms with Gasteiger partial charge in [-0.25, -0.2) is 0 Å². The molecule has 2 saturated heterocycles. The molecule has 0 radical (unpaired) electrons. The maximum Gasteiger partial charge on any atom is 0.0368 e. The molecule has 2 aliphatic rings. The third kappa shape index (κ3) is 5.64. The fraction of sp³-hybridized carbons (Fsp3) is 0.357. The van der Waals surface area contributed by atoms with Crippen LogP contribution in [0.5, 0.6) is 0 Å². The zero-order chi connectivity index (χ0) is 23.3. The highest BCUT2D eigenvalue weighted by molar-refractivity contribution is 5.54. The van der Waals surface area contributed by atoms with Gasteiger partial charge in [0.1, 0.15) is 0 Å². The topological polar surface area (TPSA) is 65.0 Å². The van der Waals surface area contributed by atoms with Gasteiger partial charge in [0, 0.05) is 88.2 Å². The first kappa shape index (κ1) is 22.6. The van der Waals surface area contributed by atoms with Gasteiger partial charge < -0.3 is 21.3 Å². The van der Waals surface area contributed by atoms with E-state index in [9.17, 15) is 0 Å². The van der Waals surface area contributed by atoms with Gasteiger partial charge in [-0.3, -0.25) is 9.80 Å². The molecule has 0 bridgehead atoms. The molecule has 2 heterocycles. The number of nitrogen functional groups attached to an aromatic ring is 2. The van der Waals surface area contributed by atoms with Crippen molar-refractivity contribution in [2.45, 2.75) is 13.1 Å². The smallest absolute Gasteiger partial charge is 0.0368 e. The lowest BCUT2D eigenvalue weighted by atomic mass is 10.1. The van der Waals surface area contributed by atoms with Gasteiger partial charge in [0.05, 0.1) is 0 Å². The highest BCUT2D eigenvalue weighted by Gasteiger charge is 2.19. The minimum Gasteiger partial charge on any atom is -0.399 e. The summed E-state index contributed by atoms with van der Waals surface area (Å²) >= 11 is 0. The van der Waals surface area contributed by atoms with Gasteiger partial charge in [-0.15, -0.1) is 0 Å². The Kier molecular flexibility index (Phi) is 6.88. The molecule has 34 heavy (non-hydrogen) atoms. The van der Waals surface area contributed by atoms with Crippen LogP contribution >= 0.6 is 0 Å². The van der Waals surface area contributed by atoms with E-state index in [0.717, 1.165) is 76.8 Å². The second kappa shape index (κ2) is 10.4. The van der Waals surface area contributed by atoms with Gasteiger partial charge in [0.2, 0.25) is 0 Å². The van der Waals surface area contributed by atoms with Crippen LogP contribution in [0.2, 0.25) is 0 Å². The molecule has 2 fully saturated rings. The minimum atomic E-state index is 0.825. The van der Waals surface area contributed by atoms with Gasteiger partial charge in [0.15, 0.2) is 0 Å². The van der Waals surface area contributed by atoms with Crippen molar-refractivity contribution in [1.29, 1.82) is 0 Å². The van der Waals surface area contributed by atoms with E-state index in [1.807, 2.05) is 24.3 Å². The Morgan fingerprint density at radius 1 is 0.441 bits per heavy atom. The number of piperazine rings is 2. The molecule has 0 saturated carbocycles. The van der Waals surface area contributed by atoms with E-state index in [0.29, 0.717) is 0 Å². The summed E-state index contributed by atoms with van der Waals surface area (Å²) in [6.45, 7) is 10.6. The van der Waals surface area contributed by atoms with Crippen LogP contribution in [0, 0.1) is 0 Å². The predicted octanol–water partition coefficient (Wildman–Crippen LogP) is 3.50. The summed E-state index contributed by atoms with van der Waals surface area (Å²) in [7, 11) is 0. The summed E-state index contributed by atoms with van der Waals surface area (Å²) in [5, 5.41) is 0. The lowest BCUT2D eigenvalue weighted by Crippen LogP contribution is -2.46. The van der Waals surface area contributed by atoms with E-state index in [-0.39, 0.29) is 0 Å². The second-order valence-electron chi connectivity index (χ2n) is 9.53. The summed E-state index contributed by atoms with van der Waals surface area (Å²) in [6.07, 6.45) is 0. The number of nitrogens with two attached hydrogens (primary N) is 2. The first-order valence-corrected chi connectivity index (χ1v) is 12.4. The number of hydrogen-bond donors (Lipinski definition) is 2. The Morgan fingerprint density at radius 2 is 0.765 bits per heavy atom. The molecule has 3 aromatic rings. The number of benzene rings is 3. The largest absolute Gasteiger partial charge is 0.399 e. The zero-order valence-electron chi connectivity index (χ0n) is 19.9. The normalized spacial score (nSPS) is 17.8. The Balaban J connectivity index is 1.06. The Morgan fingerprint density at radius 3 is 1.09 bits per heavy atom. The minimum absolute atomic E-state index is 0.825. The quantitative estimate of drug-likeness (QED) is 0.554. The third-order valence-corrected chi connectivity index (χ3v) is 7.10. The Hall–Kier alpha value is -3.22. The highest BCUT2D eigenvalue weighted by atomic mass is 15.3. The van der Waals surface area contributed by atoms with Crippen molar-refractivity contribution in [2.75, 3.05) is 73.6 Å². The van der Waals surface area contributed by atoms with E-state index < -0.39 is 0 Å². The number of anilines is 4. The SMILES string of the molecule is Nc1ccc(N2CCN(Cc3ccc(CN4CCN(c5ccc(N)cc5)CC4)cc3)CC2)cc1. The molecular formula is C28H36N6. The first-order chi connectivity index (χ1) is 16.6. The number of hydrogen-bond acceptors (Lipinski definition) is 6. The monoisotopic (exact) mass is 456 g/mol. The molecule has 3 aromatic carbocycles. The Bertz CT molecular complexity index is 945. The van der Waals surface area contributed by atoms with E-state index in [2.05, 4.69) is 68.1 Å². The molecule has 6 nitrogen and oxygen atoms in total. The van der Waals surface area contributed by atoms with E-state index in [1.54, 1.807) is 0 Å². The fourth-order valence-corrected chi connectivity index (χ4v) is 4.97. The second-order valence-corrected chi connectivity index (χ2v) is 9.53. The van der Waals surface area contributed by atoms with Crippen molar-refractivity contribution >= 4 is 22.7 Å². The van der Waals surface area contributed by atoms with Crippen LogP contribution in [0.25, 0.3) is 0 Å². The summed E-state index contributed by atoms with van der Waals surface area (Å²) < 4.78 is 0. The van der Waals surface area contributed by atoms with Gasteiger partial charge in [-0.2, -0.15) is 0 Å². The molecular weight excluding hydrogens is 420 g/mol. The zero-order valence-corrected chi connectivity index (χ0v) is 19.9. The van der Waals surface area contributed by atoms with Crippen molar-refractivity contribution in [3.05, 3.63) is 83.9 Å². The average Bonchev–Trinajstić information content (AvgIpc) is 2.87. The molecule has 0 aromatic heterocycles. The standard InChI is InChI=1S/C28H36N6/c29-25-5-9-27(10-6-25)33-17-13-31(14-18-33)21-23-1-2-24(4-3-23)22-32-15-19-34(20-16-32)28-11-7-26(30)8-12-28/h1-12H,13-22,29-30H2. The van der Waals surface area contributed by atoms with Crippen molar-refractivity contribution < 1.29 is 0 Å². The van der Waals surface area contributed by atoms with Crippen molar-refractivity contribution in [3.8, 4) is 0 Å². The summed E-state index contributed by atoms with van der Waals surface area (Å²) in [4.78, 5) is 10.0. The third-order valence-electron chi connectivity index (χ3n) is 7.10. The molecule has 0 atom stereocenters. The molecule has 0 unspecified atom stereocenters. The molecule has 2 aliphatic heterocycles. The first-order valence-electron chi connectivity index (χ1n) is 12.4. The molecule has 0 spiro atoms. The van der Waals surface area contributed by atoms with Crippen LogP contribution in [0.4, 0.5) is 22.7 Å². The van der Waals surface area contributed by atoms with E-state index in [4.69, 9.17) is 11.5 Å². The molecule has 0 aliphatic carbocycles. The van der Waals surface area contributed by atoms with Gasteiger partial charge in [-0.05, 0) is 59.7 Å². The summed E-state index contributed by atoms with van der Waals surface area (Å²) in [6, 6.07) is 25.7. The van der Waals surface area contributed by atoms with Crippen molar-refractivity contribution in [1.82, 2.24) is 9.80 Å². The Labute approximate surface area is 203 Å². The van der Waals surface area contributed by atoms with Crippen LogP contribution in [-0.2, 0) is 13.1 Å². The lowest BCUT2D eigenvalue weighted by Gasteiger charge is -2.36. The maximum atomic E-state index is 5.82. The lowest BCUT2D eigenvalue weighted by molar-refractivity contribution is 0.248. The summed E-state index contributed by atoms with van der Waals surface area (Å²) in [5.41, 5.74) is 18.6. The maximum absolute atomic E-state index is 5.82.